The predicted molar refractivity (Wildman–Crippen MR) is 57.8 cm³/mol. The Balaban J connectivity index is 2.72. The lowest BCUT2D eigenvalue weighted by molar-refractivity contribution is -0.149. The van der Waals surface area contributed by atoms with Gasteiger partial charge in [0.25, 0.3) is 0 Å². The summed E-state index contributed by atoms with van der Waals surface area (Å²) in [5.74, 6) is -0.950. The molecule has 0 aromatic carbocycles. The average molecular weight is 252 g/mol. The Kier molecular flexibility index (Phi) is 4.50. The molecule has 0 fully saturated rings. The zero-order chi connectivity index (χ0) is 11.4. The van der Waals surface area contributed by atoms with Crippen molar-refractivity contribution in [2.24, 2.45) is 5.73 Å². The van der Waals surface area contributed by atoms with E-state index in [-0.39, 0.29) is 6.61 Å². The van der Waals surface area contributed by atoms with E-state index >= 15 is 0 Å². The number of carbonyl (C=O) groups is 1. The molecule has 15 heavy (non-hydrogen) atoms. The van der Waals surface area contributed by atoms with Crippen LogP contribution in [-0.4, -0.2) is 18.7 Å². The van der Waals surface area contributed by atoms with Crippen LogP contribution < -0.4 is 5.73 Å². The molecule has 0 aliphatic rings. The SMILES string of the molecule is CCOC(=O)C(F)[C@@H](N)c1sccc1Cl. The summed E-state index contributed by atoms with van der Waals surface area (Å²) in [5, 5.41) is 2.06. The maximum absolute atomic E-state index is 13.5. The van der Waals surface area contributed by atoms with E-state index in [1.165, 1.54) is 11.3 Å². The number of alkyl halides is 1. The van der Waals surface area contributed by atoms with Gasteiger partial charge in [-0.2, -0.15) is 0 Å². The van der Waals surface area contributed by atoms with Crippen LogP contribution in [0.4, 0.5) is 4.39 Å². The fourth-order valence-electron chi connectivity index (χ4n) is 1.04. The molecule has 1 heterocycles. The van der Waals surface area contributed by atoms with Crippen molar-refractivity contribution in [3.8, 4) is 0 Å². The number of rotatable bonds is 4. The summed E-state index contributed by atoms with van der Waals surface area (Å²) in [6, 6.07) is 0.552. The molecule has 0 radical (unpaired) electrons. The summed E-state index contributed by atoms with van der Waals surface area (Å²) in [6.07, 6.45) is -1.87. The summed E-state index contributed by atoms with van der Waals surface area (Å²) in [4.78, 5) is 11.5. The Morgan fingerprint density at radius 1 is 1.80 bits per heavy atom. The van der Waals surface area contributed by atoms with Crippen LogP contribution in [0.1, 0.15) is 17.8 Å². The third kappa shape index (κ3) is 2.90. The molecule has 0 aliphatic heterocycles. The first kappa shape index (κ1) is 12.4. The maximum Gasteiger partial charge on any atom is 0.342 e. The van der Waals surface area contributed by atoms with Crippen LogP contribution in [0.25, 0.3) is 0 Å². The van der Waals surface area contributed by atoms with E-state index in [2.05, 4.69) is 4.74 Å². The van der Waals surface area contributed by atoms with Crippen LogP contribution in [0, 0.1) is 0 Å². The van der Waals surface area contributed by atoms with E-state index in [9.17, 15) is 9.18 Å². The van der Waals surface area contributed by atoms with Gasteiger partial charge < -0.3 is 10.5 Å². The van der Waals surface area contributed by atoms with Crippen molar-refractivity contribution in [1.82, 2.24) is 0 Å². The highest BCUT2D eigenvalue weighted by atomic mass is 35.5. The molecule has 1 aromatic heterocycles. The molecule has 3 nitrogen and oxygen atoms in total. The highest BCUT2D eigenvalue weighted by molar-refractivity contribution is 7.10. The van der Waals surface area contributed by atoms with Gasteiger partial charge in [0.15, 0.2) is 0 Å². The van der Waals surface area contributed by atoms with Crippen LogP contribution in [0.5, 0.6) is 0 Å². The molecular formula is C9H11ClFNO2S. The van der Waals surface area contributed by atoms with Gasteiger partial charge in [0.05, 0.1) is 17.7 Å². The normalized spacial score (nSPS) is 14.7. The van der Waals surface area contributed by atoms with Gasteiger partial charge in [-0.05, 0) is 18.4 Å². The second-order valence-corrected chi connectivity index (χ2v) is 4.17. The zero-order valence-corrected chi connectivity index (χ0v) is 9.65. The van der Waals surface area contributed by atoms with Crippen molar-refractivity contribution in [3.05, 3.63) is 21.3 Å². The van der Waals surface area contributed by atoms with Crippen LogP contribution >= 0.6 is 22.9 Å². The first-order chi connectivity index (χ1) is 7.07. The molecule has 0 saturated heterocycles. The van der Waals surface area contributed by atoms with Gasteiger partial charge in [-0.1, -0.05) is 11.6 Å². The number of nitrogens with two attached hydrogens (primary N) is 1. The molecule has 0 bridgehead atoms. The van der Waals surface area contributed by atoms with Crippen molar-refractivity contribution in [2.45, 2.75) is 19.1 Å². The summed E-state index contributed by atoms with van der Waals surface area (Å²) in [7, 11) is 0. The number of carbonyl (C=O) groups excluding carboxylic acids is 1. The third-order valence-corrected chi connectivity index (χ3v) is 3.23. The van der Waals surface area contributed by atoms with Crippen LogP contribution in [0.15, 0.2) is 11.4 Å². The van der Waals surface area contributed by atoms with E-state index < -0.39 is 18.2 Å². The molecule has 0 amide bonds. The minimum Gasteiger partial charge on any atom is -0.464 e. The van der Waals surface area contributed by atoms with Crippen molar-refractivity contribution in [2.75, 3.05) is 6.61 Å². The molecule has 0 aliphatic carbocycles. The molecule has 1 unspecified atom stereocenters. The van der Waals surface area contributed by atoms with E-state index in [1.54, 1.807) is 18.4 Å². The molecule has 1 rings (SSSR count). The Morgan fingerprint density at radius 2 is 2.47 bits per heavy atom. The fraction of sp³-hybridized carbons (Fsp3) is 0.444. The maximum atomic E-state index is 13.5. The molecule has 0 spiro atoms. The summed E-state index contributed by atoms with van der Waals surface area (Å²) in [6.45, 7) is 1.73. The topological polar surface area (TPSA) is 52.3 Å². The van der Waals surface area contributed by atoms with E-state index in [4.69, 9.17) is 17.3 Å². The number of halogens is 2. The molecule has 6 heteroatoms. The zero-order valence-electron chi connectivity index (χ0n) is 8.07. The Hall–Kier alpha value is -0.650. The highest BCUT2D eigenvalue weighted by Gasteiger charge is 2.29. The van der Waals surface area contributed by atoms with Gasteiger partial charge in [0.1, 0.15) is 0 Å². The summed E-state index contributed by atoms with van der Waals surface area (Å²) >= 11 is 6.99. The van der Waals surface area contributed by atoms with Gasteiger partial charge >= 0.3 is 5.97 Å². The fourth-order valence-corrected chi connectivity index (χ4v) is 2.25. The largest absolute Gasteiger partial charge is 0.464 e. The minimum atomic E-state index is -1.87. The highest BCUT2D eigenvalue weighted by Crippen LogP contribution is 2.30. The van der Waals surface area contributed by atoms with E-state index in [0.717, 1.165) is 0 Å². The smallest absolute Gasteiger partial charge is 0.342 e. The second-order valence-electron chi connectivity index (χ2n) is 2.81. The average Bonchev–Trinajstić information content (AvgIpc) is 2.62. The van der Waals surface area contributed by atoms with Crippen LogP contribution in [0.2, 0.25) is 5.02 Å². The van der Waals surface area contributed by atoms with Crippen molar-refractivity contribution in [1.29, 1.82) is 0 Å². The van der Waals surface area contributed by atoms with Gasteiger partial charge in [-0.25, -0.2) is 9.18 Å². The Bertz CT molecular complexity index is 345. The van der Waals surface area contributed by atoms with Gasteiger partial charge in [-0.15, -0.1) is 11.3 Å². The lowest BCUT2D eigenvalue weighted by Crippen LogP contribution is -2.31. The molecule has 2 atom stereocenters. The molecule has 0 saturated carbocycles. The quantitative estimate of drug-likeness (QED) is 0.836. The number of hydrogen-bond acceptors (Lipinski definition) is 4. The minimum absolute atomic E-state index is 0.129. The first-order valence-electron chi connectivity index (χ1n) is 4.37. The molecule has 84 valence electrons. The van der Waals surface area contributed by atoms with Crippen molar-refractivity contribution in [3.63, 3.8) is 0 Å². The number of esters is 1. The first-order valence-corrected chi connectivity index (χ1v) is 5.62. The number of hydrogen-bond donors (Lipinski definition) is 1. The standard InChI is InChI=1S/C9H11ClFNO2S/c1-2-14-9(13)6(11)7(12)8-5(10)3-4-15-8/h3-4,6-7H,2,12H2,1H3/t6?,7-/m1/s1. The monoisotopic (exact) mass is 251 g/mol. The van der Waals surface area contributed by atoms with E-state index in [0.29, 0.717) is 9.90 Å². The van der Waals surface area contributed by atoms with E-state index in [1.807, 2.05) is 0 Å². The molecule has 1 aromatic rings. The number of ether oxygens (including phenoxy) is 1. The molecular weight excluding hydrogens is 241 g/mol. The van der Waals surface area contributed by atoms with Crippen molar-refractivity contribution < 1.29 is 13.9 Å². The van der Waals surface area contributed by atoms with Gasteiger partial charge in [0, 0.05) is 4.88 Å². The number of thiophene rings is 1. The van der Waals surface area contributed by atoms with Gasteiger partial charge in [0.2, 0.25) is 6.17 Å². The predicted octanol–water partition coefficient (Wildman–Crippen LogP) is 2.30. The van der Waals surface area contributed by atoms with Crippen molar-refractivity contribution >= 4 is 28.9 Å². The summed E-state index contributed by atoms with van der Waals surface area (Å²) in [5.41, 5.74) is 5.57. The van der Waals surface area contributed by atoms with Crippen LogP contribution in [0.3, 0.4) is 0 Å². The Morgan fingerprint density at radius 3 is 2.93 bits per heavy atom. The van der Waals surface area contributed by atoms with Crippen LogP contribution in [-0.2, 0) is 9.53 Å². The second kappa shape index (κ2) is 5.44. The summed E-state index contributed by atoms with van der Waals surface area (Å²) < 4.78 is 18.0. The lowest BCUT2D eigenvalue weighted by Gasteiger charge is -2.14. The van der Waals surface area contributed by atoms with Gasteiger partial charge in [-0.3, -0.25) is 0 Å². The third-order valence-electron chi connectivity index (χ3n) is 1.77. The lowest BCUT2D eigenvalue weighted by atomic mass is 10.1. The Labute approximate surface area is 96.0 Å². The molecule has 2 N–H and O–H groups in total.